The second-order valence-corrected chi connectivity index (χ2v) is 5.15. The molecule has 2 nitrogen and oxygen atoms in total. The standard InChI is InChI=1S/C17H19NO/c1-12-3-4-14(9-13(12)2)15-5-6-17-16(10-15)11-18-7-8-19-17/h3-6,9-10,18H,7-8,11H2,1-2H3. The zero-order valence-corrected chi connectivity index (χ0v) is 11.5. The van der Waals surface area contributed by atoms with E-state index in [0.29, 0.717) is 0 Å². The summed E-state index contributed by atoms with van der Waals surface area (Å²) in [4.78, 5) is 0. The number of rotatable bonds is 1. The highest BCUT2D eigenvalue weighted by Gasteiger charge is 2.10. The molecule has 0 bridgehead atoms. The van der Waals surface area contributed by atoms with E-state index in [1.165, 1.54) is 27.8 Å². The van der Waals surface area contributed by atoms with Crippen molar-refractivity contribution in [2.45, 2.75) is 20.4 Å². The zero-order chi connectivity index (χ0) is 13.2. The average molecular weight is 253 g/mol. The van der Waals surface area contributed by atoms with E-state index in [-0.39, 0.29) is 0 Å². The third-order valence-corrected chi connectivity index (χ3v) is 3.75. The Balaban J connectivity index is 2.01. The van der Waals surface area contributed by atoms with Crippen LogP contribution in [0.2, 0.25) is 0 Å². The van der Waals surface area contributed by atoms with E-state index < -0.39 is 0 Å². The van der Waals surface area contributed by atoms with Crippen LogP contribution in [0, 0.1) is 13.8 Å². The van der Waals surface area contributed by atoms with Gasteiger partial charge < -0.3 is 10.1 Å². The third-order valence-electron chi connectivity index (χ3n) is 3.75. The highest BCUT2D eigenvalue weighted by molar-refractivity contribution is 5.67. The van der Waals surface area contributed by atoms with Crippen molar-refractivity contribution in [3.63, 3.8) is 0 Å². The fraction of sp³-hybridized carbons (Fsp3) is 0.294. The lowest BCUT2D eigenvalue weighted by Crippen LogP contribution is -2.16. The Morgan fingerprint density at radius 3 is 2.58 bits per heavy atom. The smallest absolute Gasteiger partial charge is 0.123 e. The number of hydrogen-bond acceptors (Lipinski definition) is 2. The number of aryl methyl sites for hydroxylation is 2. The Hall–Kier alpha value is -1.80. The van der Waals surface area contributed by atoms with Crippen LogP contribution in [0.1, 0.15) is 16.7 Å². The van der Waals surface area contributed by atoms with Gasteiger partial charge in [0.1, 0.15) is 12.4 Å². The number of fused-ring (bicyclic) bond motifs is 1. The Morgan fingerprint density at radius 2 is 1.74 bits per heavy atom. The quantitative estimate of drug-likeness (QED) is 0.840. The summed E-state index contributed by atoms with van der Waals surface area (Å²) in [5.41, 5.74) is 6.45. The maximum absolute atomic E-state index is 5.72. The van der Waals surface area contributed by atoms with Gasteiger partial charge in [0.2, 0.25) is 0 Å². The summed E-state index contributed by atoms with van der Waals surface area (Å²) >= 11 is 0. The maximum Gasteiger partial charge on any atom is 0.123 e. The lowest BCUT2D eigenvalue weighted by molar-refractivity contribution is 0.326. The van der Waals surface area contributed by atoms with E-state index in [1.807, 2.05) is 0 Å². The molecule has 19 heavy (non-hydrogen) atoms. The number of benzene rings is 2. The van der Waals surface area contributed by atoms with Crippen molar-refractivity contribution < 1.29 is 4.74 Å². The molecule has 0 aliphatic carbocycles. The highest BCUT2D eigenvalue weighted by Crippen LogP contribution is 2.28. The summed E-state index contributed by atoms with van der Waals surface area (Å²) in [6.45, 7) is 6.85. The molecule has 1 N–H and O–H groups in total. The van der Waals surface area contributed by atoms with Gasteiger partial charge in [0.05, 0.1) is 0 Å². The second kappa shape index (κ2) is 5.06. The van der Waals surface area contributed by atoms with Gasteiger partial charge in [-0.1, -0.05) is 24.3 Å². The molecule has 0 atom stereocenters. The topological polar surface area (TPSA) is 21.3 Å². The lowest BCUT2D eigenvalue weighted by atomic mass is 9.98. The molecule has 0 spiro atoms. The Labute approximate surface area is 114 Å². The average Bonchev–Trinajstić information content (AvgIpc) is 2.66. The monoisotopic (exact) mass is 253 g/mol. The summed E-state index contributed by atoms with van der Waals surface area (Å²) in [6, 6.07) is 13.1. The molecule has 2 aromatic rings. The van der Waals surface area contributed by atoms with Gasteiger partial charge in [-0.3, -0.25) is 0 Å². The molecule has 1 aliphatic heterocycles. The van der Waals surface area contributed by atoms with Crippen molar-refractivity contribution >= 4 is 0 Å². The maximum atomic E-state index is 5.72. The predicted octanol–water partition coefficient (Wildman–Crippen LogP) is 3.45. The lowest BCUT2D eigenvalue weighted by Gasteiger charge is -2.10. The van der Waals surface area contributed by atoms with E-state index >= 15 is 0 Å². The van der Waals surface area contributed by atoms with Gasteiger partial charge in [0, 0.05) is 18.7 Å². The molecule has 0 aromatic heterocycles. The van der Waals surface area contributed by atoms with E-state index in [2.05, 4.69) is 55.6 Å². The summed E-state index contributed by atoms with van der Waals surface area (Å²) in [7, 11) is 0. The van der Waals surface area contributed by atoms with Crippen molar-refractivity contribution in [3.05, 3.63) is 53.1 Å². The molecule has 2 heteroatoms. The number of hydrogen-bond donors (Lipinski definition) is 1. The van der Waals surface area contributed by atoms with Gasteiger partial charge in [-0.05, 0) is 48.2 Å². The van der Waals surface area contributed by atoms with Gasteiger partial charge in [-0.25, -0.2) is 0 Å². The van der Waals surface area contributed by atoms with Crippen molar-refractivity contribution in [3.8, 4) is 16.9 Å². The van der Waals surface area contributed by atoms with E-state index in [9.17, 15) is 0 Å². The fourth-order valence-corrected chi connectivity index (χ4v) is 2.42. The van der Waals surface area contributed by atoms with Crippen LogP contribution in [-0.2, 0) is 6.54 Å². The summed E-state index contributed by atoms with van der Waals surface area (Å²) in [5, 5.41) is 3.38. The van der Waals surface area contributed by atoms with Crippen LogP contribution in [0.3, 0.4) is 0 Å². The van der Waals surface area contributed by atoms with Gasteiger partial charge in [-0.2, -0.15) is 0 Å². The van der Waals surface area contributed by atoms with E-state index in [0.717, 1.165) is 25.4 Å². The molecule has 0 amide bonds. The van der Waals surface area contributed by atoms with Crippen LogP contribution in [-0.4, -0.2) is 13.2 Å². The normalized spacial score (nSPS) is 14.4. The van der Waals surface area contributed by atoms with Crippen LogP contribution in [0.4, 0.5) is 0 Å². The number of ether oxygens (including phenoxy) is 1. The minimum Gasteiger partial charge on any atom is -0.492 e. The summed E-state index contributed by atoms with van der Waals surface area (Å²) < 4.78 is 5.72. The van der Waals surface area contributed by atoms with Crippen molar-refractivity contribution in [2.75, 3.05) is 13.2 Å². The minimum absolute atomic E-state index is 0.746. The molecule has 0 fully saturated rings. The molecule has 1 aliphatic rings. The van der Waals surface area contributed by atoms with Crippen LogP contribution in [0.5, 0.6) is 5.75 Å². The Bertz CT molecular complexity index is 604. The molecule has 3 rings (SSSR count). The minimum atomic E-state index is 0.746. The van der Waals surface area contributed by atoms with Crippen molar-refractivity contribution in [1.29, 1.82) is 0 Å². The Kier molecular flexibility index (Phi) is 3.26. The molecule has 1 heterocycles. The number of nitrogens with one attached hydrogen (secondary N) is 1. The summed E-state index contributed by atoms with van der Waals surface area (Å²) in [5.74, 6) is 1.01. The van der Waals surface area contributed by atoms with E-state index in [1.54, 1.807) is 0 Å². The molecular weight excluding hydrogens is 234 g/mol. The SMILES string of the molecule is Cc1ccc(-c2ccc3c(c2)CNCCO3)cc1C. The van der Waals surface area contributed by atoms with Crippen LogP contribution in [0.25, 0.3) is 11.1 Å². The fourth-order valence-electron chi connectivity index (χ4n) is 2.42. The van der Waals surface area contributed by atoms with Gasteiger partial charge in [0.25, 0.3) is 0 Å². The molecular formula is C17H19NO. The van der Waals surface area contributed by atoms with Gasteiger partial charge in [0.15, 0.2) is 0 Å². The van der Waals surface area contributed by atoms with Gasteiger partial charge >= 0.3 is 0 Å². The molecule has 98 valence electrons. The first-order valence-corrected chi connectivity index (χ1v) is 6.78. The van der Waals surface area contributed by atoms with Crippen molar-refractivity contribution in [1.82, 2.24) is 5.32 Å². The van der Waals surface area contributed by atoms with Crippen LogP contribution < -0.4 is 10.1 Å². The first-order valence-electron chi connectivity index (χ1n) is 6.78. The second-order valence-electron chi connectivity index (χ2n) is 5.15. The molecule has 0 unspecified atom stereocenters. The first kappa shape index (κ1) is 12.2. The Morgan fingerprint density at radius 1 is 0.947 bits per heavy atom. The molecule has 2 aromatic carbocycles. The third kappa shape index (κ3) is 2.49. The highest BCUT2D eigenvalue weighted by atomic mass is 16.5. The van der Waals surface area contributed by atoms with E-state index in [4.69, 9.17) is 4.74 Å². The largest absolute Gasteiger partial charge is 0.492 e. The van der Waals surface area contributed by atoms with Crippen LogP contribution >= 0.6 is 0 Å². The molecule has 0 radical (unpaired) electrons. The van der Waals surface area contributed by atoms with Gasteiger partial charge in [-0.15, -0.1) is 0 Å². The van der Waals surface area contributed by atoms with Crippen LogP contribution in [0.15, 0.2) is 36.4 Å². The molecule has 0 saturated heterocycles. The predicted molar refractivity (Wildman–Crippen MR) is 78.6 cm³/mol. The zero-order valence-electron chi connectivity index (χ0n) is 11.5. The summed E-state index contributed by atoms with van der Waals surface area (Å²) in [6.07, 6.45) is 0. The molecule has 0 saturated carbocycles. The van der Waals surface area contributed by atoms with Crippen molar-refractivity contribution in [2.24, 2.45) is 0 Å². The first-order chi connectivity index (χ1) is 9.24.